The Morgan fingerprint density at radius 3 is 1.65 bits per heavy atom. The van der Waals surface area contributed by atoms with E-state index in [9.17, 15) is 13.2 Å². The Kier molecular flexibility index (Phi) is 3.92. The van der Waals surface area contributed by atoms with Crippen LogP contribution in [0.15, 0.2) is 78.9 Å². The van der Waals surface area contributed by atoms with E-state index < -0.39 is 11.7 Å². The van der Waals surface area contributed by atoms with Gasteiger partial charge in [-0.05, 0) is 12.1 Å². The normalized spacial score (nSPS) is 11.7. The van der Waals surface area contributed by atoms with Gasteiger partial charge in [0.05, 0.1) is 22.5 Å². The SMILES string of the molecule is FC(F)(F)c1cccc2nc(-c3ccccc3)c(-c3ccccc3)nc12. The van der Waals surface area contributed by atoms with Crippen LogP contribution in [-0.4, -0.2) is 9.97 Å². The summed E-state index contributed by atoms with van der Waals surface area (Å²) in [6.07, 6.45) is -4.49. The molecule has 0 aliphatic heterocycles. The maximum atomic E-state index is 13.4. The third-order valence-electron chi connectivity index (χ3n) is 4.09. The van der Waals surface area contributed by atoms with Crippen LogP contribution < -0.4 is 0 Å². The van der Waals surface area contributed by atoms with E-state index in [2.05, 4.69) is 9.97 Å². The largest absolute Gasteiger partial charge is 0.418 e. The number of hydrogen-bond donors (Lipinski definition) is 0. The molecule has 128 valence electrons. The molecule has 0 aliphatic carbocycles. The van der Waals surface area contributed by atoms with Crippen molar-refractivity contribution < 1.29 is 13.2 Å². The minimum atomic E-state index is -4.49. The van der Waals surface area contributed by atoms with Crippen LogP contribution in [0.5, 0.6) is 0 Å². The molecule has 1 aromatic heterocycles. The fraction of sp³-hybridized carbons (Fsp3) is 0.0476. The van der Waals surface area contributed by atoms with Crippen molar-refractivity contribution in [2.75, 3.05) is 0 Å². The summed E-state index contributed by atoms with van der Waals surface area (Å²) in [5.41, 5.74) is 1.82. The predicted molar refractivity (Wildman–Crippen MR) is 95.4 cm³/mol. The van der Waals surface area contributed by atoms with Gasteiger partial charge in [0.25, 0.3) is 0 Å². The lowest BCUT2D eigenvalue weighted by molar-refractivity contribution is -0.136. The Balaban J connectivity index is 2.07. The molecule has 1 heterocycles. The van der Waals surface area contributed by atoms with Crippen molar-refractivity contribution in [3.05, 3.63) is 84.4 Å². The summed E-state index contributed by atoms with van der Waals surface area (Å²) in [4.78, 5) is 8.94. The Hall–Kier alpha value is -3.21. The van der Waals surface area contributed by atoms with Crippen LogP contribution in [0, 0.1) is 0 Å². The third-order valence-corrected chi connectivity index (χ3v) is 4.09. The number of benzene rings is 3. The first kappa shape index (κ1) is 16.3. The molecule has 3 aromatic carbocycles. The molecule has 0 saturated carbocycles. The van der Waals surface area contributed by atoms with Crippen molar-refractivity contribution in [2.24, 2.45) is 0 Å². The summed E-state index contributed by atoms with van der Waals surface area (Å²) in [6, 6.07) is 22.4. The van der Waals surface area contributed by atoms with Crippen LogP contribution in [0.2, 0.25) is 0 Å². The third kappa shape index (κ3) is 2.92. The standard InChI is InChI=1S/C21H13F3N2/c22-21(23,24)16-12-7-13-17-20(16)26-19(15-10-5-2-6-11-15)18(25-17)14-8-3-1-4-9-14/h1-13H. The first-order chi connectivity index (χ1) is 12.5. The topological polar surface area (TPSA) is 25.8 Å². The molecule has 4 rings (SSSR count). The van der Waals surface area contributed by atoms with Gasteiger partial charge in [0.2, 0.25) is 0 Å². The molecule has 0 N–H and O–H groups in total. The Labute approximate surface area is 148 Å². The molecule has 2 nitrogen and oxygen atoms in total. The molecular weight excluding hydrogens is 337 g/mol. The van der Waals surface area contributed by atoms with Crippen molar-refractivity contribution in [3.63, 3.8) is 0 Å². The highest BCUT2D eigenvalue weighted by molar-refractivity contribution is 5.88. The van der Waals surface area contributed by atoms with Crippen LogP contribution in [0.1, 0.15) is 5.56 Å². The Bertz CT molecular complexity index is 1060. The lowest BCUT2D eigenvalue weighted by atomic mass is 10.0. The van der Waals surface area contributed by atoms with E-state index in [1.165, 1.54) is 6.07 Å². The lowest BCUT2D eigenvalue weighted by Crippen LogP contribution is -2.08. The van der Waals surface area contributed by atoms with Crippen LogP contribution in [0.25, 0.3) is 33.5 Å². The average Bonchev–Trinajstić information content (AvgIpc) is 2.67. The second-order valence-electron chi connectivity index (χ2n) is 5.82. The molecule has 0 spiro atoms. The van der Waals surface area contributed by atoms with Crippen LogP contribution >= 0.6 is 0 Å². The van der Waals surface area contributed by atoms with Crippen molar-refractivity contribution in [2.45, 2.75) is 6.18 Å². The number of halogens is 3. The number of fused-ring (bicyclic) bond motifs is 1. The van der Waals surface area contributed by atoms with E-state index in [-0.39, 0.29) is 11.0 Å². The van der Waals surface area contributed by atoms with E-state index in [0.29, 0.717) is 11.4 Å². The first-order valence-electron chi connectivity index (χ1n) is 8.03. The minimum Gasteiger partial charge on any atom is -0.244 e. The molecule has 5 heteroatoms. The maximum Gasteiger partial charge on any atom is 0.418 e. The number of hydrogen-bond acceptors (Lipinski definition) is 2. The summed E-state index contributed by atoms with van der Waals surface area (Å²) in [5, 5.41) is 0. The lowest BCUT2D eigenvalue weighted by Gasteiger charge is -2.14. The number of rotatable bonds is 2. The zero-order valence-electron chi connectivity index (χ0n) is 13.5. The molecule has 0 aliphatic rings. The molecule has 0 atom stereocenters. The fourth-order valence-electron chi connectivity index (χ4n) is 2.90. The predicted octanol–water partition coefficient (Wildman–Crippen LogP) is 5.98. The van der Waals surface area contributed by atoms with Gasteiger partial charge in [0.1, 0.15) is 5.52 Å². The van der Waals surface area contributed by atoms with Crippen molar-refractivity contribution >= 4 is 11.0 Å². The zero-order chi connectivity index (χ0) is 18.1. The molecule has 0 bridgehead atoms. The van der Waals surface area contributed by atoms with Gasteiger partial charge < -0.3 is 0 Å². The van der Waals surface area contributed by atoms with E-state index in [0.717, 1.165) is 17.2 Å². The molecule has 0 unspecified atom stereocenters. The summed E-state index contributed by atoms with van der Waals surface area (Å²) in [5.74, 6) is 0. The number of aromatic nitrogens is 2. The van der Waals surface area contributed by atoms with E-state index in [1.807, 2.05) is 60.7 Å². The van der Waals surface area contributed by atoms with Gasteiger partial charge in [-0.15, -0.1) is 0 Å². The van der Waals surface area contributed by atoms with Gasteiger partial charge in [-0.3, -0.25) is 0 Å². The second kappa shape index (κ2) is 6.26. The van der Waals surface area contributed by atoms with Gasteiger partial charge >= 0.3 is 6.18 Å². The van der Waals surface area contributed by atoms with Gasteiger partial charge in [0.15, 0.2) is 0 Å². The van der Waals surface area contributed by atoms with Gasteiger partial charge in [-0.2, -0.15) is 13.2 Å². The van der Waals surface area contributed by atoms with Crippen LogP contribution in [0.4, 0.5) is 13.2 Å². The Morgan fingerprint density at radius 2 is 1.12 bits per heavy atom. The monoisotopic (exact) mass is 350 g/mol. The highest BCUT2D eigenvalue weighted by Gasteiger charge is 2.33. The number of para-hydroxylation sites is 1. The van der Waals surface area contributed by atoms with E-state index in [1.54, 1.807) is 6.07 Å². The second-order valence-corrected chi connectivity index (χ2v) is 5.82. The molecule has 26 heavy (non-hydrogen) atoms. The fourth-order valence-corrected chi connectivity index (χ4v) is 2.90. The molecular formula is C21H13F3N2. The smallest absolute Gasteiger partial charge is 0.244 e. The highest BCUT2D eigenvalue weighted by Crippen LogP contribution is 2.36. The molecule has 4 aromatic rings. The zero-order valence-corrected chi connectivity index (χ0v) is 13.5. The van der Waals surface area contributed by atoms with Gasteiger partial charge in [-0.25, -0.2) is 9.97 Å². The summed E-state index contributed by atoms with van der Waals surface area (Å²) < 4.78 is 40.2. The molecule has 0 fully saturated rings. The summed E-state index contributed by atoms with van der Waals surface area (Å²) in [7, 11) is 0. The van der Waals surface area contributed by atoms with E-state index >= 15 is 0 Å². The van der Waals surface area contributed by atoms with Crippen molar-refractivity contribution in [1.29, 1.82) is 0 Å². The Morgan fingerprint density at radius 1 is 0.577 bits per heavy atom. The van der Waals surface area contributed by atoms with Crippen molar-refractivity contribution in [3.8, 4) is 22.5 Å². The van der Waals surface area contributed by atoms with Gasteiger partial charge in [0, 0.05) is 11.1 Å². The average molecular weight is 350 g/mol. The number of nitrogens with zero attached hydrogens (tertiary/aromatic N) is 2. The van der Waals surface area contributed by atoms with E-state index in [4.69, 9.17) is 0 Å². The van der Waals surface area contributed by atoms with Gasteiger partial charge in [-0.1, -0.05) is 66.7 Å². The summed E-state index contributed by atoms with van der Waals surface area (Å²) >= 11 is 0. The summed E-state index contributed by atoms with van der Waals surface area (Å²) in [6.45, 7) is 0. The quantitative estimate of drug-likeness (QED) is 0.444. The van der Waals surface area contributed by atoms with Crippen molar-refractivity contribution in [1.82, 2.24) is 9.97 Å². The highest BCUT2D eigenvalue weighted by atomic mass is 19.4. The van der Waals surface area contributed by atoms with Crippen LogP contribution in [0.3, 0.4) is 0 Å². The molecule has 0 amide bonds. The maximum absolute atomic E-state index is 13.4. The first-order valence-corrected chi connectivity index (χ1v) is 8.03. The number of alkyl halides is 3. The van der Waals surface area contributed by atoms with Crippen LogP contribution in [-0.2, 0) is 6.18 Å². The molecule has 0 radical (unpaired) electrons. The molecule has 0 saturated heterocycles. The minimum absolute atomic E-state index is 0.140.